The van der Waals surface area contributed by atoms with Gasteiger partial charge in [0.2, 0.25) is 0 Å². The van der Waals surface area contributed by atoms with Gasteiger partial charge in [0.05, 0.1) is 53.5 Å². The molecule has 1 aliphatic rings. The van der Waals surface area contributed by atoms with Crippen LogP contribution in [0.15, 0.2) is 42.3 Å². The van der Waals surface area contributed by atoms with Crippen molar-refractivity contribution in [3.8, 4) is 6.07 Å². The fraction of sp³-hybridized carbons (Fsp3) is 0.607. The average Bonchev–Trinajstić information content (AvgIpc) is 3.25. The first kappa shape index (κ1) is 31.2. The fourth-order valence-electron chi connectivity index (χ4n) is 5.83. The Kier molecular flexibility index (Phi) is 9.92. The number of nitriles is 1. The monoisotopic (exact) mass is 558 g/mol. The van der Waals surface area contributed by atoms with E-state index in [1.54, 1.807) is 19.4 Å². The minimum Gasteiger partial charge on any atom is -0.367 e. The van der Waals surface area contributed by atoms with Gasteiger partial charge in [-0.05, 0) is 69.6 Å². The summed E-state index contributed by atoms with van der Waals surface area (Å²) >= 11 is 0. The number of nitrogens with zero attached hydrogens (tertiary/aromatic N) is 4. The summed E-state index contributed by atoms with van der Waals surface area (Å²) in [6.07, 6.45) is 7.13. The molecular formula is C28H43N6O4P. The van der Waals surface area contributed by atoms with E-state index < -0.39 is 24.6 Å². The molecule has 3 atom stereocenters. The van der Waals surface area contributed by atoms with Crippen molar-refractivity contribution in [2.24, 2.45) is 22.0 Å². The van der Waals surface area contributed by atoms with Crippen LogP contribution in [0, 0.1) is 16.7 Å². The third kappa shape index (κ3) is 8.07. The SMILES string of the molecule is C=C/N=C(\C(N)C[C@@]1(ON)CCC[C@](C)(Cn2cnc3ccc(C#N)cc32)C1)C(C)(C)OCCOP(C)(C)=O. The van der Waals surface area contributed by atoms with E-state index >= 15 is 0 Å². The lowest BCUT2D eigenvalue weighted by molar-refractivity contribution is -0.113. The molecule has 1 aromatic heterocycles. The van der Waals surface area contributed by atoms with Gasteiger partial charge in [0.1, 0.15) is 5.60 Å². The van der Waals surface area contributed by atoms with Gasteiger partial charge in [0.15, 0.2) is 7.37 Å². The molecule has 214 valence electrons. The number of rotatable bonds is 13. The minimum atomic E-state index is -2.59. The van der Waals surface area contributed by atoms with E-state index in [0.717, 1.165) is 30.3 Å². The number of aliphatic imine (C=N–C) groups is 1. The van der Waals surface area contributed by atoms with Crippen LogP contribution in [0.4, 0.5) is 0 Å². The van der Waals surface area contributed by atoms with Crippen LogP contribution in [0.2, 0.25) is 0 Å². The lowest BCUT2D eigenvalue weighted by Crippen LogP contribution is -2.54. The van der Waals surface area contributed by atoms with Crippen molar-refractivity contribution >= 4 is 24.1 Å². The summed E-state index contributed by atoms with van der Waals surface area (Å²) < 4.78 is 25.4. The van der Waals surface area contributed by atoms with Gasteiger partial charge in [0, 0.05) is 32.1 Å². The maximum absolute atomic E-state index is 11.8. The standard InChI is InChI=1S/C28H43N6O4P/c1-7-32-25(26(2,3)36-13-14-37-39(5,6)35)22(30)16-28(38-31)12-8-11-27(4,18-28)19-34-20-33-23-10-9-21(17-29)15-24(23)34/h7,9-10,15,20,22H,1,8,11-14,16,18-19,30-31H2,2-6H3/b32-25+/t22?,27-,28-/m0/s1. The van der Waals surface area contributed by atoms with E-state index in [-0.39, 0.29) is 18.6 Å². The first-order chi connectivity index (χ1) is 18.3. The van der Waals surface area contributed by atoms with Crippen molar-refractivity contribution in [2.75, 3.05) is 26.5 Å². The molecule has 0 aliphatic heterocycles. The van der Waals surface area contributed by atoms with Crippen LogP contribution in [0.25, 0.3) is 11.0 Å². The molecule has 1 unspecified atom stereocenters. The second-order valence-electron chi connectivity index (χ2n) is 11.8. The van der Waals surface area contributed by atoms with Crippen LogP contribution in [0.5, 0.6) is 0 Å². The van der Waals surface area contributed by atoms with Crippen molar-refractivity contribution in [3.63, 3.8) is 0 Å². The van der Waals surface area contributed by atoms with Crippen LogP contribution in [0.1, 0.15) is 58.4 Å². The highest BCUT2D eigenvalue weighted by Crippen LogP contribution is 2.46. The molecule has 10 nitrogen and oxygen atoms in total. The van der Waals surface area contributed by atoms with Crippen molar-refractivity contribution in [1.29, 1.82) is 5.26 Å². The molecule has 1 aliphatic carbocycles. The van der Waals surface area contributed by atoms with Crippen molar-refractivity contribution in [3.05, 3.63) is 42.9 Å². The topological polar surface area (TPSA) is 151 Å². The molecule has 0 spiro atoms. The van der Waals surface area contributed by atoms with Crippen LogP contribution in [-0.4, -0.2) is 59.1 Å². The maximum Gasteiger partial charge on any atom is 0.197 e. The molecular weight excluding hydrogens is 515 g/mol. The average molecular weight is 559 g/mol. The Morgan fingerprint density at radius 1 is 1.38 bits per heavy atom. The Bertz CT molecular complexity index is 1280. The van der Waals surface area contributed by atoms with E-state index in [9.17, 15) is 9.83 Å². The fourth-order valence-corrected chi connectivity index (χ4v) is 6.35. The predicted octanol–water partition coefficient (Wildman–Crippen LogP) is 4.77. The Morgan fingerprint density at radius 3 is 2.77 bits per heavy atom. The first-order valence-electron chi connectivity index (χ1n) is 13.3. The smallest absolute Gasteiger partial charge is 0.197 e. The van der Waals surface area contributed by atoms with Crippen LogP contribution in [-0.2, 0) is 25.2 Å². The second kappa shape index (κ2) is 12.4. The van der Waals surface area contributed by atoms with Gasteiger partial charge in [-0.3, -0.25) is 14.4 Å². The largest absolute Gasteiger partial charge is 0.367 e. The second-order valence-corrected chi connectivity index (χ2v) is 14.5. The molecule has 0 saturated heterocycles. The zero-order valence-electron chi connectivity index (χ0n) is 23.9. The zero-order chi connectivity index (χ0) is 28.9. The van der Waals surface area contributed by atoms with E-state index in [1.807, 2.05) is 32.3 Å². The molecule has 3 rings (SSSR count). The highest BCUT2D eigenvalue weighted by atomic mass is 31.2. The van der Waals surface area contributed by atoms with Crippen molar-refractivity contribution < 1.29 is 18.7 Å². The lowest BCUT2D eigenvalue weighted by atomic mass is 9.66. The van der Waals surface area contributed by atoms with E-state index in [2.05, 4.69) is 34.1 Å². The van der Waals surface area contributed by atoms with E-state index in [0.29, 0.717) is 30.7 Å². The number of imidazole rings is 1. The van der Waals surface area contributed by atoms with Gasteiger partial charge in [-0.1, -0.05) is 13.5 Å². The first-order valence-corrected chi connectivity index (χ1v) is 15.8. The molecule has 4 N–H and O–H groups in total. The summed E-state index contributed by atoms with van der Waals surface area (Å²) in [6.45, 7) is 14.1. The molecule has 0 amide bonds. The Morgan fingerprint density at radius 2 is 2.13 bits per heavy atom. The summed E-state index contributed by atoms with van der Waals surface area (Å²) in [5, 5.41) is 9.35. The third-order valence-corrected chi connectivity index (χ3v) is 8.26. The van der Waals surface area contributed by atoms with Gasteiger partial charge in [0.25, 0.3) is 0 Å². The molecule has 2 aromatic rings. The molecule has 11 heteroatoms. The molecule has 1 heterocycles. The molecule has 0 radical (unpaired) electrons. The van der Waals surface area contributed by atoms with Crippen molar-refractivity contribution in [1.82, 2.24) is 9.55 Å². The molecule has 0 bridgehead atoms. The third-order valence-electron chi connectivity index (χ3n) is 7.45. The summed E-state index contributed by atoms with van der Waals surface area (Å²) in [6, 6.07) is 7.24. The van der Waals surface area contributed by atoms with Gasteiger partial charge in [-0.15, -0.1) is 0 Å². The van der Waals surface area contributed by atoms with Crippen LogP contribution < -0.4 is 11.6 Å². The summed E-state index contributed by atoms with van der Waals surface area (Å²) in [7, 11) is -2.59. The zero-order valence-corrected chi connectivity index (χ0v) is 24.7. The van der Waals surface area contributed by atoms with E-state index in [1.165, 1.54) is 6.20 Å². The van der Waals surface area contributed by atoms with Gasteiger partial charge < -0.3 is 19.6 Å². The highest BCUT2D eigenvalue weighted by molar-refractivity contribution is 7.57. The number of benzene rings is 1. The number of nitrogens with two attached hydrogens (primary N) is 2. The van der Waals surface area contributed by atoms with Gasteiger partial charge in [-0.25, -0.2) is 10.9 Å². The number of hydrogen-bond donors (Lipinski definition) is 2. The normalized spacial score (nSPS) is 23.5. The Balaban J connectivity index is 1.76. The lowest BCUT2D eigenvalue weighted by Gasteiger charge is -2.46. The Hall–Kier alpha value is -2.38. The maximum atomic E-state index is 11.8. The summed E-state index contributed by atoms with van der Waals surface area (Å²) in [5.41, 5.74) is 8.18. The molecule has 1 aromatic carbocycles. The van der Waals surface area contributed by atoms with Gasteiger partial charge >= 0.3 is 0 Å². The minimum absolute atomic E-state index is 0.138. The quantitative estimate of drug-likeness (QED) is 0.154. The highest BCUT2D eigenvalue weighted by Gasteiger charge is 2.46. The number of fused-ring (bicyclic) bond motifs is 1. The predicted molar refractivity (Wildman–Crippen MR) is 155 cm³/mol. The van der Waals surface area contributed by atoms with Crippen LogP contribution >= 0.6 is 7.37 Å². The number of aromatic nitrogens is 2. The number of hydrogen-bond acceptors (Lipinski definition) is 9. The van der Waals surface area contributed by atoms with Gasteiger partial charge in [-0.2, -0.15) is 5.26 Å². The molecule has 1 fully saturated rings. The molecule has 39 heavy (non-hydrogen) atoms. The van der Waals surface area contributed by atoms with Crippen LogP contribution in [0.3, 0.4) is 0 Å². The molecule has 1 saturated carbocycles. The summed E-state index contributed by atoms with van der Waals surface area (Å²) in [5.74, 6) is 5.99. The van der Waals surface area contributed by atoms with Crippen molar-refractivity contribution in [2.45, 2.75) is 76.7 Å². The van der Waals surface area contributed by atoms with E-state index in [4.69, 9.17) is 25.7 Å². The Labute approximate surface area is 231 Å². The summed E-state index contributed by atoms with van der Waals surface area (Å²) in [4.78, 5) is 14.8. The number of ether oxygens (including phenoxy) is 1.